The lowest BCUT2D eigenvalue weighted by molar-refractivity contribution is -0.384. The van der Waals surface area contributed by atoms with Gasteiger partial charge in [0.2, 0.25) is 0 Å². The number of nitro benzene ring substituents is 1. The van der Waals surface area contributed by atoms with Crippen LogP contribution in [0.15, 0.2) is 65.3 Å². The fraction of sp³-hybridized carbons (Fsp3) is 0. The van der Waals surface area contributed by atoms with Crippen LogP contribution in [0, 0.1) is 10.1 Å². The van der Waals surface area contributed by atoms with E-state index in [0.29, 0.717) is 16.8 Å². The smallest absolute Gasteiger partial charge is 0.312 e. The van der Waals surface area contributed by atoms with Crippen LogP contribution in [-0.4, -0.2) is 16.6 Å². The van der Waals surface area contributed by atoms with Crippen molar-refractivity contribution in [2.24, 2.45) is 5.16 Å². The molecule has 0 atom stereocenters. The molecule has 1 heterocycles. The van der Waals surface area contributed by atoms with E-state index in [1.807, 2.05) is 30.3 Å². The van der Waals surface area contributed by atoms with Crippen LogP contribution in [0.25, 0.3) is 6.08 Å². The summed E-state index contributed by atoms with van der Waals surface area (Å²) in [6.07, 6.45) is 1.68. The average Bonchev–Trinajstić information content (AvgIpc) is 2.89. The first kappa shape index (κ1) is 13.7. The van der Waals surface area contributed by atoms with E-state index in [2.05, 4.69) is 5.16 Å². The minimum absolute atomic E-state index is 0.0248. The molecule has 2 aromatic carbocycles. The van der Waals surface area contributed by atoms with Gasteiger partial charge in [-0.3, -0.25) is 10.1 Å². The number of hydrogen-bond donors (Lipinski definition) is 0. The van der Waals surface area contributed by atoms with E-state index in [9.17, 15) is 14.9 Å². The first-order valence-corrected chi connectivity index (χ1v) is 6.46. The van der Waals surface area contributed by atoms with E-state index in [1.165, 1.54) is 24.3 Å². The highest BCUT2D eigenvalue weighted by atomic mass is 16.7. The zero-order valence-electron chi connectivity index (χ0n) is 11.3. The van der Waals surface area contributed by atoms with Crippen LogP contribution < -0.4 is 0 Å². The van der Waals surface area contributed by atoms with Gasteiger partial charge in [0.05, 0.1) is 10.5 Å². The number of nitrogens with zero attached hydrogens (tertiary/aromatic N) is 2. The molecule has 0 aliphatic carbocycles. The summed E-state index contributed by atoms with van der Waals surface area (Å²) in [7, 11) is 0. The van der Waals surface area contributed by atoms with Crippen LogP contribution in [0.3, 0.4) is 0 Å². The quantitative estimate of drug-likeness (QED) is 0.377. The Bertz CT molecular complexity index is 793. The van der Waals surface area contributed by atoms with Gasteiger partial charge < -0.3 is 4.84 Å². The van der Waals surface area contributed by atoms with E-state index in [1.54, 1.807) is 6.08 Å². The summed E-state index contributed by atoms with van der Waals surface area (Å²) in [6.45, 7) is 0. The Hall–Kier alpha value is -3.28. The van der Waals surface area contributed by atoms with Crippen LogP contribution in [0.5, 0.6) is 0 Å². The lowest BCUT2D eigenvalue weighted by Gasteiger charge is -2.00. The molecule has 0 saturated carbocycles. The molecule has 0 bridgehead atoms. The number of carbonyl (C=O) groups excluding carboxylic acids is 1. The molecule has 1 aliphatic rings. The fourth-order valence-corrected chi connectivity index (χ4v) is 2.07. The predicted octanol–water partition coefficient (Wildman–Crippen LogP) is 2.94. The predicted molar refractivity (Wildman–Crippen MR) is 80.1 cm³/mol. The lowest BCUT2D eigenvalue weighted by Crippen LogP contribution is -2.06. The van der Waals surface area contributed by atoms with Gasteiger partial charge in [-0.15, -0.1) is 0 Å². The largest absolute Gasteiger partial charge is 0.368 e. The molecule has 3 rings (SSSR count). The average molecular weight is 294 g/mol. The molecule has 6 nitrogen and oxygen atoms in total. The molecule has 0 aromatic heterocycles. The number of carbonyl (C=O) groups is 1. The Kier molecular flexibility index (Phi) is 3.49. The summed E-state index contributed by atoms with van der Waals surface area (Å²) < 4.78 is 0. The second-order valence-electron chi connectivity index (χ2n) is 4.59. The third-order valence-corrected chi connectivity index (χ3v) is 3.16. The Labute approximate surface area is 125 Å². The molecule has 0 amide bonds. The molecule has 0 saturated heterocycles. The van der Waals surface area contributed by atoms with Gasteiger partial charge in [0.25, 0.3) is 5.69 Å². The summed E-state index contributed by atoms with van der Waals surface area (Å²) in [4.78, 5) is 26.7. The van der Waals surface area contributed by atoms with Crippen molar-refractivity contribution in [1.29, 1.82) is 0 Å². The van der Waals surface area contributed by atoms with E-state index in [0.717, 1.165) is 5.56 Å². The Morgan fingerprint density at radius 1 is 1.05 bits per heavy atom. The molecule has 0 N–H and O–H groups in total. The molecule has 6 heteroatoms. The summed E-state index contributed by atoms with van der Waals surface area (Å²) in [6, 6.07) is 15.1. The van der Waals surface area contributed by atoms with Crippen molar-refractivity contribution in [3.8, 4) is 0 Å². The van der Waals surface area contributed by atoms with Gasteiger partial charge in [0.15, 0.2) is 0 Å². The number of non-ortho nitro benzene ring substituents is 1. The zero-order valence-corrected chi connectivity index (χ0v) is 11.3. The number of oxime groups is 1. The van der Waals surface area contributed by atoms with Crippen molar-refractivity contribution in [3.05, 3.63) is 81.4 Å². The summed E-state index contributed by atoms with van der Waals surface area (Å²) >= 11 is 0. The molecular weight excluding hydrogens is 284 g/mol. The van der Waals surface area contributed by atoms with Gasteiger partial charge in [0, 0.05) is 17.7 Å². The van der Waals surface area contributed by atoms with Crippen LogP contribution in [0.4, 0.5) is 5.69 Å². The summed E-state index contributed by atoms with van der Waals surface area (Å²) in [5.41, 5.74) is 2.08. The first-order chi connectivity index (χ1) is 10.6. The highest BCUT2D eigenvalue weighted by molar-refractivity contribution is 6.31. The zero-order chi connectivity index (χ0) is 15.5. The highest BCUT2D eigenvalue weighted by Gasteiger charge is 2.27. The maximum Gasteiger partial charge on any atom is 0.368 e. The molecule has 108 valence electrons. The normalized spacial score (nSPS) is 15.5. The van der Waals surface area contributed by atoms with Gasteiger partial charge >= 0.3 is 5.97 Å². The Morgan fingerprint density at radius 2 is 1.73 bits per heavy atom. The molecule has 2 aromatic rings. The lowest BCUT2D eigenvalue weighted by atomic mass is 10.0. The Morgan fingerprint density at radius 3 is 2.36 bits per heavy atom. The van der Waals surface area contributed by atoms with Crippen LogP contribution in [0.1, 0.15) is 11.1 Å². The molecular formula is C16H10N2O4. The van der Waals surface area contributed by atoms with Crippen molar-refractivity contribution < 1.29 is 14.6 Å². The SMILES string of the molecule is O=C1ON=C(c2ccc([N+](=O)[O-])cc2)C1=Cc1ccccc1. The summed E-state index contributed by atoms with van der Waals surface area (Å²) in [5.74, 6) is -0.544. The Balaban J connectivity index is 1.97. The van der Waals surface area contributed by atoms with Gasteiger partial charge in [0.1, 0.15) is 5.71 Å². The summed E-state index contributed by atoms with van der Waals surface area (Å²) in [5, 5.41) is 14.4. The monoisotopic (exact) mass is 294 g/mol. The van der Waals surface area contributed by atoms with E-state index in [-0.39, 0.29) is 5.69 Å². The molecule has 22 heavy (non-hydrogen) atoms. The third-order valence-electron chi connectivity index (χ3n) is 3.16. The standard InChI is InChI=1S/C16H10N2O4/c19-16-14(10-11-4-2-1-3-5-11)15(17-22-16)12-6-8-13(9-7-12)18(20)21/h1-10H. The fourth-order valence-electron chi connectivity index (χ4n) is 2.07. The molecule has 0 unspecified atom stereocenters. The topological polar surface area (TPSA) is 81.8 Å². The molecule has 0 fully saturated rings. The van der Waals surface area contributed by atoms with Gasteiger partial charge in [-0.05, 0) is 23.8 Å². The minimum atomic E-state index is -0.544. The number of benzene rings is 2. The van der Waals surface area contributed by atoms with E-state index < -0.39 is 10.9 Å². The van der Waals surface area contributed by atoms with Crippen molar-refractivity contribution in [1.82, 2.24) is 0 Å². The second-order valence-corrected chi connectivity index (χ2v) is 4.59. The third kappa shape index (κ3) is 2.62. The van der Waals surface area contributed by atoms with Crippen molar-refractivity contribution >= 4 is 23.4 Å². The van der Waals surface area contributed by atoms with Gasteiger partial charge in [-0.2, -0.15) is 0 Å². The second kappa shape index (κ2) is 5.61. The molecule has 0 spiro atoms. The van der Waals surface area contributed by atoms with Gasteiger partial charge in [-0.1, -0.05) is 35.5 Å². The number of nitro groups is 1. The van der Waals surface area contributed by atoms with Gasteiger partial charge in [-0.25, -0.2) is 4.79 Å². The number of hydrogen-bond acceptors (Lipinski definition) is 5. The molecule has 0 radical (unpaired) electrons. The van der Waals surface area contributed by atoms with Crippen LogP contribution in [-0.2, 0) is 9.63 Å². The van der Waals surface area contributed by atoms with Crippen molar-refractivity contribution in [3.63, 3.8) is 0 Å². The van der Waals surface area contributed by atoms with Crippen LogP contribution >= 0.6 is 0 Å². The maximum absolute atomic E-state index is 11.8. The molecule has 1 aliphatic heterocycles. The maximum atomic E-state index is 11.8. The van der Waals surface area contributed by atoms with Crippen molar-refractivity contribution in [2.45, 2.75) is 0 Å². The first-order valence-electron chi connectivity index (χ1n) is 6.46. The van der Waals surface area contributed by atoms with Crippen molar-refractivity contribution in [2.75, 3.05) is 0 Å². The van der Waals surface area contributed by atoms with E-state index >= 15 is 0 Å². The van der Waals surface area contributed by atoms with E-state index in [4.69, 9.17) is 4.84 Å². The highest BCUT2D eigenvalue weighted by Crippen LogP contribution is 2.22. The minimum Gasteiger partial charge on any atom is -0.312 e. The number of rotatable bonds is 3. The van der Waals surface area contributed by atoms with Crippen LogP contribution in [0.2, 0.25) is 0 Å².